The van der Waals surface area contributed by atoms with Crippen LogP contribution in [0.25, 0.3) is 10.7 Å². The summed E-state index contributed by atoms with van der Waals surface area (Å²) in [6, 6.07) is 2.09. The summed E-state index contributed by atoms with van der Waals surface area (Å²) in [5.74, 6) is 1.66. The molecule has 0 saturated carbocycles. The maximum absolute atomic E-state index is 4.55. The molecule has 2 rings (SSSR count). The Kier molecular flexibility index (Phi) is 4.12. The second-order valence-corrected chi connectivity index (χ2v) is 5.52. The van der Waals surface area contributed by atoms with Gasteiger partial charge in [0.15, 0.2) is 5.82 Å². The summed E-state index contributed by atoms with van der Waals surface area (Å²) in [4.78, 5) is 10.1. The van der Waals surface area contributed by atoms with E-state index in [0.717, 1.165) is 34.0 Å². The van der Waals surface area contributed by atoms with E-state index < -0.39 is 0 Å². The third-order valence-electron chi connectivity index (χ3n) is 2.35. The van der Waals surface area contributed by atoms with Crippen LogP contribution in [-0.2, 0) is 0 Å². The van der Waals surface area contributed by atoms with Crippen LogP contribution in [0.3, 0.4) is 0 Å². The Balaban J connectivity index is 2.34. The Morgan fingerprint density at radius 1 is 1.47 bits per heavy atom. The number of hydrogen-bond donors (Lipinski definition) is 1. The van der Waals surface area contributed by atoms with Gasteiger partial charge in [0.1, 0.15) is 5.82 Å². The smallest absolute Gasteiger partial charge is 0.171 e. The second kappa shape index (κ2) is 5.60. The monoisotopic (exact) mass is 311 g/mol. The van der Waals surface area contributed by atoms with Crippen LogP contribution in [0.15, 0.2) is 22.1 Å². The third-order valence-corrected chi connectivity index (χ3v) is 3.94. The number of rotatable bonds is 4. The van der Waals surface area contributed by atoms with Crippen molar-refractivity contribution in [1.29, 1.82) is 0 Å². The molecule has 5 heteroatoms. The van der Waals surface area contributed by atoms with Gasteiger partial charge in [-0.15, -0.1) is 11.3 Å². The van der Waals surface area contributed by atoms with Gasteiger partial charge >= 0.3 is 0 Å². The van der Waals surface area contributed by atoms with Crippen molar-refractivity contribution in [2.75, 3.05) is 11.9 Å². The van der Waals surface area contributed by atoms with E-state index in [1.54, 1.807) is 17.5 Å². The molecule has 90 valence electrons. The minimum atomic E-state index is 0.791. The predicted molar refractivity (Wildman–Crippen MR) is 76.6 cm³/mol. The zero-order chi connectivity index (χ0) is 12.3. The molecule has 0 spiro atoms. The summed E-state index contributed by atoms with van der Waals surface area (Å²) < 4.78 is 0.906. The van der Waals surface area contributed by atoms with Crippen LogP contribution in [0.4, 0.5) is 5.82 Å². The first kappa shape index (κ1) is 12.5. The van der Waals surface area contributed by atoms with E-state index in [4.69, 9.17) is 0 Å². The molecule has 0 bridgehead atoms. The summed E-state index contributed by atoms with van der Waals surface area (Å²) in [7, 11) is 0. The van der Waals surface area contributed by atoms with E-state index in [1.165, 1.54) is 5.56 Å². The van der Waals surface area contributed by atoms with Crippen LogP contribution in [-0.4, -0.2) is 16.5 Å². The van der Waals surface area contributed by atoms with Crippen molar-refractivity contribution in [2.24, 2.45) is 0 Å². The van der Waals surface area contributed by atoms with Crippen LogP contribution in [0.5, 0.6) is 0 Å². The lowest BCUT2D eigenvalue weighted by molar-refractivity contribution is 0.963. The molecule has 0 atom stereocenters. The van der Waals surface area contributed by atoms with Crippen molar-refractivity contribution in [3.05, 3.63) is 27.7 Å². The first-order valence-corrected chi connectivity index (χ1v) is 7.20. The lowest BCUT2D eigenvalue weighted by atomic mass is 10.3. The minimum absolute atomic E-state index is 0.791. The lowest BCUT2D eigenvalue weighted by Gasteiger charge is -2.07. The van der Waals surface area contributed by atoms with E-state index in [9.17, 15) is 0 Å². The molecular weight excluding hydrogens is 298 g/mol. The molecule has 3 nitrogen and oxygen atoms in total. The Morgan fingerprint density at radius 3 is 2.94 bits per heavy atom. The number of hydrogen-bond acceptors (Lipinski definition) is 4. The number of aromatic nitrogens is 2. The summed E-state index contributed by atoms with van der Waals surface area (Å²) >= 11 is 5.13. The van der Waals surface area contributed by atoms with Crippen LogP contribution in [0, 0.1) is 6.92 Å². The molecule has 0 aliphatic heterocycles. The molecule has 17 heavy (non-hydrogen) atoms. The molecule has 2 aromatic rings. The molecule has 2 heterocycles. The molecule has 0 aliphatic rings. The molecule has 0 saturated heterocycles. The van der Waals surface area contributed by atoms with Gasteiger partial charge in [-0.05, 0) is 46.3 Å². The van der Waals surface area contributed by atoms with E-state index >= 15 is 0 Å². The number of anilines is 1. The van der Waals surface area contributed by atoms with Crippen molar-refractivity contribution in [3.8, 4) is 10.7 Å². The quantitative estimate of drug-likeness (QED) is 0.923. The van der Waals surface area contributed by atoms with Crippen LogP contribution >= 0.6 is 27.3 Å². The molecule has 2 aromatic heterocycles. The summed E-state index contributed by atoms with van der Waals surface area (Å²) in [5, 5.41) is 5.36. The fourth-order valence-electron chi connectivity index (χ4n) is 1.45. The van der Waals surface area contributed by atoms with Crippen molar-refractivity contribution in [1.82, 2.24) is 9.97 Å². The molecule has 0 aliphatic carbocycles. The van der Waals surface area contributed by atoms with Crippen LogP contribution in [0.1, 0.15) is 18.9 Å². The lowest BCUT2D eigenvalue weighted by Crippen LogP contribution is -2.04. The highest BCUT2D eigenvalue weighted by Gasteiger charge is 2.09. The summed E-state index contributed by atoms with van der Waals surface area (Å²) in [6.45, 7) is 5.13. The Labute approximate surface area is 113 Å². The van der Waals surface area contributed by atoms with E-state index in [0.29, 0.717) is 0 Å². The van der Waals surface area contributed by atoms with E-state index in [2.05, 4.69) is 56.5 Å². The van der Waals surface area contributed by atoms with Gasteiger partial charge in [0, 0.05) is 12.7 Å². The highest BCUT2D eigenvalue weighted by Crippen LogP contribution is 2.28. The Morgan fingerprint density at radius 2 is 2.29 bits per heavy atom. The normalized spacial score (nSPS) is 10.5. The number of halogens is 1. The number of thiophene rings is 1. The maximum Gasteiger partial charge on any atom is 0.171 e. The number of aryl methyl sites for hydroxylation is 1. The Hall–Kier alpha value is -0.940. The SMILES string of the molecule is CCCNc1nc(-c2sccc2C)ncc1Br. The molecule has 0 fully saturated rings. The maximum atomic E-state index is 4.55. The van der Waals surface area contributed by atoms with Gasteiger partial charge in [-0.3, -0.25) is 0 Å². The predicted octanol–water partition coefficient (Wildman–Crippen LogP) is 4.10. The zero-order valence-corrected chi connectivity index (χ0v) is 12.2. The van der Waals surface area contributed by atoms with Gasteiger partial charge in [0.25, 0.3) is 0 Å². The average Bonchev–Trinajstić information content (AvgIpc) is 2.75. The first-order chi connectivity index (χ1) is 8.22. The first-order valence-electron chi connectivity index (χ1n) is 5.53. The van der Waals surface area contributed by atoms with Gasteiger partial charge in [0.05, 0.1) is 9.35 Å². The second-order valence-electron chi connectivity index (χ2n) is 3.75. The highest BCUT2D eigenvalue weighted by molar-refractivity contribution is 9.10. The van der Waals surface area contributed by atoms with E-state index in [-0.39, 0.29) is 0 Å². The van der Waals surface area contributed by atoms with Gasteiger partial charge in [-0.2, -0.15) is 0 Å². The summed E-state index contributed by atoms with van der Waals surface area (Å²) in [6.07, 6.45) is 2.88. The van der Waals surface area contributed by atoms with Crippen molar-refractivity contribution in [2.45, 2.75) is 20.3 Å². The molecule has 0 amide bonds. The molecular formula is C12H14BrN3S. The van der Waals surface area contributed by atoms with Crippen LogP contribution in [0.2, 0.25) is 0 Å². The Bertz CT molecular complexity index is 510. The van der Waals surface area contributed by atoms with Gasteiger partial charge in [-0.25, -0.2) is 9.97 Å². The molecule has 0 unspecified atom stereocenters. The van der Waals surface area contributed by atoms with Gasteiger partial charge in [0.2, 0.25) is 0 Å². The van der Waals surface area contributed by atoms with Gasteiger partial charge in [-0.1, -0.05) is 6.92 Å². The molecule has 1 N–H and O–H groups in total. The summed E-state index contributed by atoms with van der Waals surface area (Å²) in [5.41, 5.74) is 1.22. The van der Waals surface area contributed by atoms with Crippen molar-refractivity contribution < 1.29 is 0 Å². The van der Waals surface area contributed by atoms with Gasteiger partial charge < -0.3 is 5.32 Å². The number of nitrogens with one attached hydrogen (secondary N) is 1. The van der Waals surface area contributed by atoms with Crippen LogP contribution < -0.4 is 5.32 Å². The molecule has 0 radical (unpaired) electrons. The fourth-order valence-corrected chi connectivity index (χ4v) is 2.64. The average molecular weight is 312 g/mol. The van der Waals surface area contributed by atoms with Crippen molar-refractivity contribution >= 4 is 33.1 Å². The standard InChI is InChI=1S/C12H14BrN3S/c1-3-5-14-11-9(13)7-15-12(16-11)10-8(2)4-6-17-10/h4,6-7H,3,5H2,1-2H3,(H,14,15,16). The highest BCUT2D eigenvalue weighted by atomic mass is 79.9. The van der Waals surface area contributed by atoms with Crippen molar-refractivity contribution in [3.63, 3.8) is 0 Å². The molecule has 0 aromatic carbocycles. The minimum Gasteiger partial charge on any atom is -0.369 e. The topological polar surface area (TPSA) is 37.8 Å². The zero-order valence-electron chi connectivity index (χ0n) is 9.83. The third kappa shape index (κ3) is 2.84. The fraction of sp³-hybridized carbons (Fsp3) is 0.333. The van der Waals surface area contributed by atoms with E-state index in [1.807, 2.05) is 0 Å². The number of nitrogens with zero attached hydrogens (tertiary/aromatic N) is 2. The largest absolute Gasteiger partial charge is 0.369 e.